The molecule has 1 aliphatic rings. The molecule has 0 radical (unpaired) electrons. The van der Waals surface area contributed by atoms with Crippen LogP contribution >= 0.6 is 7.82 Å². The van der Waals surface area contributed by atoms with E-state index in [4.69, 9.17) is 28.6 Å². The Hall–Kier alpha value is -4.23. The quantitative estimate of drug-likeness (QED) is 0.0919. The second kappa shape index (κ2) is 14.3. The maximum atomic E-state index is 13.8. The van der Waals surface area contributed by atoms with Gasteiger partial charge in [0, 0.05) is 23.1 Å². The fraction of sp³-hybridized carbons (Fsp3) is 0.370. The van der Waals surface area contributed by atoms with Crippen molar-refractivity contribution >= 4 is 13.8 Å². The van der Waals surface area contributed by atoms with Crippen LogP contribution < -0.4 is 11.2 Å². The zero-order chi connectivity index (χ0) is 31.0. The Morgan fingerprint density at radius 3 is 2.35 bits per heavy atom. The number of hydrogen-bond donors (Lipinski definition) is 2. The molecule has 1 aromatic heterocycles. The van der Waals surface area contributed by atoms with Gasteiger partial charge in [-0.05, 0) is 54.8 Å². The number of phenolic OH excluding ortho intramolecular Hbond substituents is 1. The fourth-order valence-electron chi connectivity index (χ4n) is 4.15. The number of phenols is 1. The molecule has 0 saturated carbocycles. The second-order valence-corrected chi connectivity index (χ2v) is 11.2. The number of aromatic amines is 1. The molecule has 15 nitrogen and oxygen atoms in total. The van der Waals surface area contributed by atoms with Gasteiger partial charge in [0.2, 0.25) is 0 Å². The van der Waals surface area contributed by atoms with Gasteiger partial charge in [0.05, 0.1) is 44.1 Å². The monoisotopic (exact) mass is 615 g/mol. The van der Waals surface area contributed by atoms with E-state index in [2.05, 4.69) is 15.0 Å². The molecule has 4 atom stereocenters. The van der Waals surface area contributed by atoms with Crippen LogP contribution in [-0.2, 0) is 40.8 Å². The molecule has 43 heavy (non-hydrogen) atoms. The highest BCUT2D eigenvalue weighted by Gasteiger charge is 2.39. The van der Waals surface area contributed by atoms with E-state index in [-0.39, 0.29) is 37.6 Å². The number of aryl methyl sites for hydroxylation is 1. The highest BCUT2D eigenvalue weighted by molar-refractivity contribution is 7.48. The molecule has 2 aromatic carbocycles. The summed E-state index contributed by atoms with van der Waals surface area (Å²) in [5.41, 5.74) is 9.58. The summed E-state index contributed by atoms with van der Waals surface area (Å²) < 4.78 is 42.7. The van der Waals surface area contributed by atoms with Crippen molar-refractivity contribution in [3.05, 3.63) is 108 Å². The minimum atomic E-state index is -4.30. The van der Waals surface area contributed by atoms with Gasteiger partial charge in [-0.15, -0.1) is 0 Å². The topological polar surface area (TPSA) is 204 Å². The molecule has 0 amide bonds. The zero-order valence-electron chi connectivity index (χ0n) is 23.3. The molecule has 0 aliphatic carbocycles. The Kier molecular flexibility index (Phi) is 10.5. The molecule has 16 heteroatoms. The molecule has 0 bridgehead atoms. The standard InChI is InChI=1S/C27H30N5O10P/c1-3-38-26(35)20-8-4-18(5-9-20)14-39-43(37,40-15-19-6-10-21(33)11-7-19)41-16-23-22(30-31-28)12-24(42-23)32-13-17(2)25(34)29-27(32)36/h4-11,13,22-24,33H,3,12,14-16H2,1-2H3,(H,29,34,36)/t22-,23+,24+,43?/m0/s1. The van der Waals surface area contributed by atoms with Gasteiger partial charge in [-0.25, -0.2) is 14.2 Å². The van der Waals surface area contributed by atoms with Crippen LogP contribution in [0.5, 0.6) is 5.75 Å². The van der Waals surface area contributed by atoms with Crippen LogP contribution in [0, 0.1) is 6.92 Å². The van der Waals surface area contributed by atoms with Gasteiger partial charge in [0.25, 0.3) is 5.56 Å². The van der Waals surface area contributed by atoms with E-state index in [1.165, 1.54) is 42.0 Å². The van der Waals surface area contributed by atoms with E-state index < -0.39 is 50.0 Å². The number of esters is 1. The summed E-state index contributed by atoms with van der Waals surface area (Å²) in [6.45, 7) is 2.65. The number of carbonyl (C=O) groups excluding carboxylic acids is 1. The Bertz CT molecular complexity index is 1630. The third-order valence-corrected chi connectivity index (χ3v) is 7.79. The largest absolute Gasteiger partial charge is 0.508 e. The van der Waals surface area contributed by atoms with Crippen molar-refractivity contribution in [1.82, 2.24) is 9.55 Å². The molecule has 1 fully saturated rings. The van der Waals surface area contributed by atoms with Crippen LogP contribution in [0.25, 0.3) is 10.4 Å². The van der Waals surface area contributed by atoms with Crippen molar-refractivity contribution in [3.8, 4) is 5.75 Å². The number of benzene rings is 2. The van der Waals surface area contributed by atoms with Gasteiger partial charge in [0.15, 0.2) is 0 Å². The maximum Gasteiger partial charge on any atom is 0.475 e. The van der Waals surface area contributed by atoms with E-state index >= 15 is 0 Å². The van der Waals surface area contributed by atoms with Crippen molar-refractivity contribution < 1.29 is 37.5 Å². The lowest BCUT2D eigenvalue weighted by Gasteiger charge is -2.22. The first-order valence-electron chi connectivity index (χ1n) is 13.2. The lowest BCUT2D eigenvalue weighted by atomic mass is 10.1. The third kappa shape index (κ3) is 8.42. The van der Waals surface area contributed by atoms with E-state index in [0.29, 0.717) is 16.7 Å². The first-order chi connectivity index (χ1) is 20.6. The van der Waals surface area contributed by atoms with E-state index in [1.54, 1.807) is 31.2 Å². The summed E-state index contributed by atoms with van der Waals surface area (Å²) >= 11 is 0. The van der Waals surface area contributed by atoms with Gasteiger partial charge in [-0.3, -0.25) is 27.9 Å². The van der Waals surface area contributed by atoms with Gasteiger partial charge in [-0.2, -0.15) is 0 Å². The number of aromatic nitrogens is 2. The number of hydrogen-bond acceptors (Lipinski definition) is 11. The highest BCUT2D eigenvalue weighted by atomic mass is 31.2. The van der Waals surface area contributed by atoms with Crippen molar-refractivity contribution in [2.75, 3.05) is 13.2 Å². The number of ether oxygens (including phenoxy) is 2. The molecule has 1 aliphatic heterocycles. The number of phosphoric ester groups is 1. The van der Waals surface area contributed by atoms with Crippen LogP contribution in [0.15, 0.2) is 69.4 Å². The molecule has 1 saturated heterocycles. The smallest absolute Gasteiger partial charge is 0.475 e. The van der Waals surface area contributed by atoms with Gasteiger partial charge < -0.3 is 14.6 Å². The fourth-order valence-corrected chi connectivity index (χ4v) is 5.32. The Morgan fingerprint density at radius 2 is 1.74 bits per heavy atom. The number of nitrogens with one attached hydrogen (secondary N) is 1. The summed E-state index contributed by atoms with van der Waals surface area (Å²) in [5.74, 6) is -0.440. The molecule has 0 spiro atoms. The Morgan fingerprint density at radius 1 is 1.12 bits per heavy atom. The summed E-state index contributed by atoms with van der Waals surface area (Å²) in [6.07, 6.45) is -0.429. The Balaban J connectivity index is 1.49. The number of aromatic hydroxyl groups is 1. The second-order valence-electron chi connectivity index (χ2n) is 9.49. The van der Waals surface area contributed by atoms with Crippen LogP contribution in [0.2, 0.25) is 0 Å². The number of phosphoric acid groups is 1. The number of carbonyl (C=O) groups is 1. The molecular weight excluding hydrogens is 585 g/mol. The lowest BCUT2D eigenvalue weighted by molar-refractivity contribution is -0.0311. The van der Waals surface area contributed by atoms with Gasteiger partial charge in [-0.1, -0.05) is 29.4 Å². The molecule has 3 aromatic rings. The van der Waals surface area contributed by atoms with E-state index in [9.17, 15) is 24.1 Å². The van der Waals surface area contributed by atoms with Crippen LogP contribution in [0.1, 0.15) is 46.6 Å². The van der Waals surface area contributed by atoms with E-state index in [0.717, 1.165) is 0 Å². The SMILES string of the molecule is CCOC(=O)c1ccc(COP(=O)(OCc2ccc(O)cc2)OC[C@H]2O[C@@H](n3cc(C)c(=O)[nH]c3=O)C[C@@H]2N=[N+]=[N-])cc1. The van der Waals surface area contributed by atoms with Crippen LogP contribution in [0.4, 0.5) is 0 Å². The lowest BCUT2D eigenvalue weighted by Crippen LogP contribution is -2.33. The molecule has 4 rings (SSSR count). The first-order valence-corrected chi connectivity index (χ1v) is 14.7. The van der Waals surface area contributed by atoms with Gasteiger partial charge in [0.1, 0.15) is 12.0 Å². The number of azide groups is 1. The minimum absolute atomic E-state index is 0.0412. The maximum absolute atomic E-state index is 13.8. The van der Waals surface area contributed by atoms with Crippen molar-refractivity contribution in [2.24, 2.45) is 5.11 Å². The zero-order valence-corrected chi connectivity index (χ0v) is 24.2. The Labute approximate surface area is 245 Å². The molecular formula is C27H30N5O10P. The van der Waals surface area contributed by atoms with Crippen molar-refractivity contribution in [3.63, 3.8) is 0 Å². The highest BCUT2D eigenvalue weighted by Crippen LogP contribution is 2.51. The van der Waals surface area contributed by atoms with Crippen LogP contribution in [0.3, 0.4) is 0 Å². The van der Waals surface area contributed by atoms with E-state index in [1.807, 2.05) is 0 Å². The number of H-pyrrole nitrogens is 1. The average molecular weight is 616 g/mol. The van der Waals surface area contributed by atoms with Gasteiger partial charge >= 0.3 is 19.5 Å². The molecule has 2 heterocycles. The summed E-state index contributed by atoms with van der Waals surface area (Å²) in [7, 11) is -4.30. The van der Waals surface area contributed by atoms with Crippen molar-refractivity contribution in [2.45, 2.75) is 51.9 Å². The predicted molar refractivity (Wildman–Crippen MR) is 151 cm³/mol. The molecule has 1 unspecified atom stereocenters. The predicted octanol–water partition coefficient (Wildman–Crippen LogP) is 4.25. The summed E-state index contributed by atoms with van der Waals surface area (Å²) in [5, 5.41) is 13.3. The van der Waals surface area contributed by atoms with Crippen molar-refractivity contribution in [1.29, 1.82) is 0 Å². The molecule has 2 N–H and O–H groups in total. The normalized spacial score (nSPS) is 19.3. The third-order valence-electron chi connectivity index (χ3n) is 6.44. The molecule has 228 valence electrons. The van der Waals surface area contributed by atoms with Crippen LogP contribution in [-0.4, -0.2) is 46.0 Å². The minimum Gasteiger partial charge on any atom is -0.508 e. The number of rotatable bonds is 13. The first kappa shape index (κ1) is 31.7. The summed E-state index contributed by atoms with van der Waals surface area (Å²) in [6, 6.07) is 11.5. The average Bonchev–Trinajstić information content (AvgIpc) is 3.39. The summed E-state index contributed by atoms with van der Waals surface area (Å²) in [4.78, 5) is 41.1. The number of nitrogens with zero attached hydrogens (tertiary/aromatic N) is 4.